The van der Waals surface area contributed by atoms with Crippen molar-refractivity contribution < 1.29 is 18.3 Å². The summed E-state index contributed by atoms with van der Waals surface area (Å²) in [5.74, 6) is 0. The van der Waals surface area contributed by atoms with Crippen LogP contribution < -0.4 is 0 Å². The molecule has 0 amide bonds. The largest absolute Gasteiger partial charge is 0.147 e. The van der Waals surface area contributed by atoms with Crippen LogP contribution in [-0.4, -0.2) is 0 Å². The molecule has 0 bridgehead atoms. The van der Waals surface area contributed by atoms with Crippen LogP contribution in [0, 0.1) is 0 Å². The molecular formula is C7H16ClZn. The number of unbranched alkanes of at least 4 members (excludes halogenated alkanes) is 4. The maximum atomic E-state index is 2.26. The summed E-state index contributed by atoms with van der Waals surface area (Å²) in [6.07, 6.45) is 7.25. The Morgan fingerprint density at radius 3 is 2.00 bits per heavy atom. The second-order valence-corrected chi connectivity index (χ2v) is 3.75. The molecule has 2 heteroatoms. The minimum atomic E-state index is 0. The van der Waals surface area contributed by atoms with Crippen molar-refractivity contribution in [3.8, 4) is 0 Å². The van der Waals surface area contributed by atoms with Crippen molar-refractivity contribution in [3.05, 3.63) is 0 Å². The van der Waals surface area contributed by atoms with E-state index in [-0.39, 0.29) is 12.4 Å². The molecule has 0 radical (unpaired) electrons. The Kier molecular flexibility index (Phi) is 16.3. The Labute approximate surface area is 74.9 Å². The van der Waals surface area contributed by atoms with Gasteiger partial charge in [0.05, 0.1) is 0 Å². The summed E-state index contributed by atoms with van der Waals surface area (Å²) in [4.78, 5) is 0. The Morgan fingerprint density at radius 1 is 1.00 bits per heavy atom. The zero-order valence-electron chi connectivity index (χ0n) is 6.36. The standard InChI is InChI=1S/C7H15.ClH.Zn/c1-3-5-7-6-4-2;;/h1,3-7H2,2H3;1H;. The van der Waals surface area contributed by atoms with Crippen LogP contribution in [0.15, 0.2) is 0 Å². The Morgan fingerprint density at radius 2 is 1.56 bits per heavy atom. The number of hydrogen-bond donors (Lipinski definition) is 0. The van der Waals surface area contributed by atoms with Crippen molar-refractivity contribution in [2.75, 3.05) is 0 Å². The van der Waals surface area contributed by atoms with Crippen LogP contribution in [0.25, 0.3) is 0 Å². The van der Waals surface area contributed by atoms with Gasteiger partial charge in [0.2, 0.25) is 0 Å². The van der Waals surface area contributed by atoms with Crippen LogP contribution in [0.2, 0.25) is 5.02 Å². The number of halogens is 1. The van der Waals surface area contributed by atoms with Gasteiger partial charge in [0.1, 0.15) is 0 Å². The van der Waals surface area contributed by atoms with E-state index >= 15 is 0 Å². The van der Waals surface area contributed by atoms with Crippen LogP contribution in [0.5, 0.6) is 0 Å². The third kappa shape index (κ3) is 12.2. The minimum Gasteiger partial charge on any atom is -0.147 e. The second kappa shape index (κ2) is 11.7. The molecule has 53 valence electrons. The predicted molar refractivity (Wildman–Crippen MR) is 40.8 cm³/mol. The molecule has 0 fully saturated rings. The molecule has 0 aliphatic heterocycles. The quantitative estimate of drug-likeness (QED) is 0.472. The topological polar surface area (TPSA) is 0 Å². The molecule has 0 nitrogen and oxygen atoms in total. The van der Waals surface area contributed by atoms with Gasteiger partial charge in [-0.05, 0) is 0 Å². The minimum absolute atomic E-state index is 0. The van der Waals surface area contributed by atoms with Crippen LogP contribution in [0.1, 0.15) is 39.0 Å². The van der Waals surface area contributed by atoms with Crippen molar-refractivity contribution >= 4 is 12.4 Å². The zero-order valence-corrected chi connectivity index (χ0v) is 10.1. The fraction of sp³-hybridized carbons (Fsp3) is 1.00. The summed E-state index contributed by atoms with van der Waals surface area (Å²) in [6.45, 7) is 2.26. The number of rotatable bonds is 5. The van der Waals surface area contributed by atoms with Crippen molar-refractivity contribution in [2.24, 2.45) is 0 Å². The van der Waals surface area contributed by atoms with E-state index in [1.165, 1.54) is 55.4 Å². The van der Waals surface area contributed by atoms with E-state index in [0.29, 0.717) is 0 Å². The third-order valence-corrected chi connectivity index (χ3v) is 2.40. The second-order valence-electron chi connectivity index (χ2n) is 2.27. The first-order chi connectivity index (χ1) is 3.91. The van der Waals surface area contributed by atoms with E-state index in [9.17, 15) is 0 Å². The van der Waals surface area contributed by atoms with Gasteiger partial charge in [-0.2, -0.15) is 0 Å². The normalized spacial score (nSPS) is 8.78. The molecule has 0 aromatic heterocycles. The molecule has 0 saturated carbocycles. The molecule has 9 heavy (non-hydrogen) atoms. The zero-order chi connectivity index (χ0) is 6.24. The van der Waals surface area contributed by atoms with Gasteiger partial charge in [0.15, 0.2) is 0 Å². The summed E-state index contributed by atoms with van der Waals surface area (Å²) in [5.41, 5.74) is 0. The van der Waals surface area contributed by atoms with E-state index in [0.717, 1.165) is 0 Å². The van der Waals surface area contributed by atoms with Gasteiger partial charge in [-0.3, -0.25) is 0 Å². The summed E-state index contributed by atoms with van der Waals surface area (Å²) in [6, 6.07) is 0. The van der Waals surface area contributed by atoms with Crippen LogP contribution >= 0.6 is 12.4 Å². The first kappa shape index (κ1) is 12.6. The van der Waals surface area contributed by atoms with Crippen molar-refractivity contribution in [2.45, 2.75) is 44.0 Å². The molecule has 0 atom stereocenters. The molecule has 0 aromatic carbocycles. The number of hydrogen-bond acceptors (Lipinski definition) is 0. The van der Waals surface area contributed by atoms with E-state index in [4.69, 9.17) is 0 Å². The molecule has 0 spiro atoms. The predicted octanol–water partition coefficient (Wildman–Crippen LogP) is 3.34. The molecule has 0 N–H and O–H groups in total. The molecule has 0 saturated heterocycles. The molecule has 0 unspecified atom stereocenters. The van der Waals surface area contributed by atoms with Crippen molar-refractivity contribution in [1.29, 1.82) is 0 Å². The van der Waals surface area contributed by atoms with Crippen molar-refractivity contribution in [1.82, 2.24) is 0 Å². The SMILES string of the molecule is CCCCCC[CH2][Zn].Cl. The monoisotopic (exact) mass is 199 g/mol. The Bertz CT molecular complexity index is 33.9. The molecule has 0 heterocycles. The van der Waals surface area contributed by atoms with Gasteiger partial charge >= 0.3 is 62.3 Å². The molecule has 0 aliphatic carbocycles. The molecule has 0 aromatic rings. The van der Waals surface area contributed by atoms with Crippen LogP contribution in [-0.2, 0) is 18.3 Å². The van der Waals surface area contributed by atoms with Crippen LogP contribution in [0.3, 0.4) is 0 Å². The van der Waals surface area contributed by atoms with Gasteiger partial charge in [0, 0.05) is 0 Å². The first-order valence-corrected chi connectivity index (χ1v) is 5.81. The fourth-order valence-corrected chi connectivity index (χ4v) is 1.52. The molecule has 0 rings (SSSR count). The fourth-order valence-electron chi connectivity index (χ4n) is 0.780. The summed E-state index contributed by atoms with van der Waals surface area (Å²) in [5, 5.41) is 1.49. The maximum Gasteiger partial charge on any atom is -0.147 e. The van der Waals surface area contributed by atoms with Gasteiger partial charge in [-0.1, -0.05) is 0 Å². The van der Waals surface area contributed by atoms with E-state index in [1.54, 1.807) is 0 Å². The molecule has 0 aliphatic rings. The van der Waals surface area contributed by atoms with Crippen molar-refractivity contribution in [3.63, 3.8) is 0 Å². The van der Waals surface area contributed by atoms with Gasteiger partial charge < -0.3 is 0 Å². The average Bonchev–Trinajstić information content (AvgIpc) is 1.81. The van der Waals surface area contributed by atoms with Gasteiger partial charge in [0.25, 0.3) is 0 Å². The van der Waals surface area contributed by atoms with E-state index in [2.05, 4.69) is 6.92 Å². The third-order valence-electron chi connectivity index (χ3n) is 1.35. The summed E-state index contributed by atoms with van der Waals surface area (Å²) in [7, 11) is 0. The Balaban J connectivity index is 0. The van der Waals surface area contributed by atoms with Gasteiger partial charge in [-0.25, -0.2) is 0 Å². The molecular weight excluding hydrogens is 185 g/mol. The van der Waals surface area contributed by atoms with E-state index < -0.39 is 0 Å². The van der Waals surface area contributed by atoms with E-state index in [1.807, 2.05) is 0 Å². The van der Waals surface area contributed by atoms with Crippen LogP contribution in [0.4, 0.5) is 0 Å². The summed E-state index contributed by atoms with van der Waals surface area (Å²) >= 11 is 1.49. The average molecular weight is 201 g/mol. The Hall–Kier alpha value is 0.913. The summed E-state index contributed by atoms with van der Waals surface area (Å²) < 4.78 is 0. The van der Waals surface area contributed by atoms with Gasteiger partial charge in [-0.15, -0.1) is 12.4 Å². The first-order valence-electron chi connectivity index (χ1n) is 3.71. The maximum absolute atomic E-state index is 2.26. The smallest absolute Gasteiger partial charge is 0.147 e.